The number of nitrogens with zero attached hydrogens (tertiary/aromatic N) is 2. The topological polar surface area (TPSA) is 61.0 Å². The average Bonchev–Trinajstić information content (AvgIpc) is 3.28. The van der Waals surface area contributed by atoms with Crippen molar-refractivity contribution in [3.63, 3.8) is 0 Å². The van der Waals surface area contributed by atoms with Gasteiger partial charge in [-0.2, -0.15) is 11.8 Å². The number of imidazole rings is 1. The van der Waals surface area contributed by atoms with E-state index in [-0.39, 0.29) is 11.9 Å². The number of allylic oxidation sites excluding steroid dienone is 3. The number of aromatic nitrogens is 2. The number of benzene rings is 2. The van der Waals surface area contributed by atoms with Crippen LogP contribution in [-0.2, 0) is 4.79 Å². The summed E-state index contributed by atoms with van der Waals surface area (Å²) in [4.78, 5) is 26.3. The van der Waals surface area contributed by atoms with Crippen molar-refractivity contribution in [1.29, 1.82) is 0 Å². The minimum atomic E-state index is -0.123. The van der Waals surface area contributed by atoms with E-state index in [4.69, 9.17) is 4.98 Å². The maximum Gasteiger partial charge on any atom is 0.222 e. The third-order valence-corrected chi connectivity index (χ3v) is 8.13. The van der Waals surface area contributed by atoms with Gasteiger partial charge >= 0.3 is 0 Å². The predicted molar refractivity (Wildman–Crippen MR) is 144 cm³/mol. The molecular formula is C27H30N4OS2. The van der Waals surface area contributed by atoms with Gasteiger partial charge in [0.2, 0.25) is 5.91 Å². The number of nitrogens with one attached hydrogen (secondary N) is 2. The van der Waals surface area contributed by atoms with Crippen LogP contribution >= 0.6 is 23.5 Å². The lowest BCUT2D eigenvalue weighted by atomic mass is 10.00. The number of thioether (sulfide) groups is 2. The lowest BCUT2D eigenvalue weighted by Gasteiger charge is -2.36. The molecule has 34 heavy (non-hydrogen) atoms. The summed E-state index contributed by atoms with van der Waals surface area (Å²) >= 11 is 3.66. The van der Waals surface area contributed by atoms with Crippen LogP contribution in [0.25, 0.3) is 11.0 Å². The number of carbonyl (C=O) groups is 1. The Hall–Kier alpha value is -2.64. The monoisotopic (exact) mass is 490 g/mol. The Morgan fingerprint density at radius 2 is 2.09 bits per heavy atom. The van der Waals surface area contributed by atoms with Gasteiger partial charge in [0.25, 0.3) is 0 Å². The number of carbonyl (C=O) groups excluding carboxylic acids is 1. The summed E-state index contributed by atoms with van der Waals surface area (Å²) in [5.41, 5.74) is 4.36. The Balaban J connectivity index is 1.31. The molecule has 2 aliphatic rings. The number of para-hydroxylation sites is 3. The molecule has 2 heterocycles. The number of hydrogen-bond acceptors (Lipinski definition) is 5. The molecule has 0 fully saturated rings. The molecule has 2 N–H and O–H groups in total. The lowest BCUT2D eigenvalue weighted by Crippen LogP contribution is -2.34. The Bertz CT molecular complexity index is 1220. The van der Waals surface area contributed by atoms with Gasteiger partial charge < -0.3 is 15.2 Å². The standard InChI is InChI=1S/C27H30N4OS2/c1-18-11-12-23-25(17-18)34-24-10-6-5-9-22(24)31(23)15-13-26(32)28-21(14-16-33-2)27-29-19-7-3-4-8-20(19)30-27/h3-12,18,21H,13-17H2,1-2H3,(H,28,32)(H,29,30). The summed E-state index contributed by atoms with van der Waals surface area (Å²) in [5.74, 6) is 2.38. The van der Waals surface area contributed by atoms with Gasteiger partial charge in [-0.25, -0.2) is 4.98 Å². The summed E-state index contributed by atoms with van der Waals surface area (Å²) in [5, 5.41) is 3.26. The number of anilines is 1. The molecule has 0 radical (unpaired) electrons. The lowest BCUT2D eigenvalue weighted by molar-refractivity contribution is -0.121. The van der Waals surface area contributed by atoms with Crippen molar-refractivity contribution < 1.29 is 4.79 Å². The molecule has 3 aromatic rings. The molecule has 0 saturated carbocycles. The first-order valence-electron chi connectivity index (χ1n) is 11.8. The van der Waals surface area contributed by atoms with Crippen LogP contribution in [0.1, 0.15) is 38.1 Å². The fourth-order valence-corrected chi connectivity index (χ4v) is 6.34. The van der Waals surface area contributed by atoms with Gasteiger partial charge in [0.05, 0.1) is 28.5 Å². The van der Waals surface area contributed by atoms with Gasteiger partial charge in [0.15, 0.2) is 0 Å². The van der Waals surface area contributed by atoms with E-state index in [1.807, 2.05) is 36.0 Å². The van der Waals surface area contributed by atoms with E-state index in [1.54, 1.807) is 11.8 Å². The predicted octanol–water partition coefficient (Wildman–Crippen LogP) is 6.28. The molecular weight excluding hydrogens is 460 g/mol. The van der Waals surface area contributed by atoms with E-state index in [0.717, 1.165) is 35.5 Å². The number of H-pyrrole nitrogens is 1. The average molecular weight is 491 g/mol. The van der Waals surface area contributed by atoms with Crippen LogP contribution in [0, 0.1) is 5.92 Å². The Kier molecular flexibility index (Phi) is 7.02. The number of hydrogen-bond donors (Lipinski definition) is 2. The zero-order valence-corrected chi connectivity index (χ0v) is 21.2. The summed E-state index contributed by atoms with van der Waals surface area (Å²) < 4.78 is 0. The maximum absolute atomic E-state index is 13.1. The van der Waals surface area contributed by atoms with E-state index in [1.165, 1.54) is 21.2 Å². The van der Waals surface area contributed by atoms with E-state index < -0.39 is 0 Å². The highest BCUT2D eigenvalue weighted by Crippen LogP contribution is 2.47. The number of aromatic amines is 1. The fourth-order valence-electron chi connectivity index (χ4n) is 4.55. The van der Waals surface area contributed by atoms with E-state index in [2.05, 4.69) is 64.8 Å². The zero-order valence-electron chi connectivity index (χ0n) is 19.6. The van der Waals surface area contributed by atoms with Crippen molar-refractivity contribution in [3.05, 3.63) is 77.1 Å². The molecule has 2 aromatic carbocycles. The second kappa shape index (κ2) is 10.3. The molecule has 5 nitrogen and oxygen atoms in total. The second-order valence-corrected chi connectivity index (χ2v) is 11.0. The Labute approximate surface area is 209 Å². The van der Waals surface area contributed by atoms with Crippen LogP contribution in [-0.4, -0.2) is 34.4 Å². The minimum Gasteiger partial charge on any atom is -0.346 e. The van der Waals surface area contributed by atoms with Crippen LogP contribution in [0.2, 0.25) is 0 Å². The van der Waals surface area contributed by atoms with Crippen LogP contribution in [0.15, 0.2) is 76.2 Å². The van der Waals surface area contributed by atoms with Crippen LogP contribution in [0.3, 0.4) is 0 Å². The highest BCUT2D eigenvalue weighted by molar-refractivity contribution is 8.03. The van der Waals surface area contributed by atoms with E-state index >= 15 is 0 Å². The Morgan fingerprint density at radius 3 is 2.94 bits per heavy atom. The van der Waals surface area contributed by atoms with Crippen molar-refractivity contribution in [3.8, 4) is 0 Å². The molecule has 0 saturated heterocycles. The maximum atomic E-state index is 13.1. The molecule has 2 unspecified atom stereocenters. The van der Waals surface area contributed by atoms with Gasteiger partial charge in [0, 0.05) is 22.8 Å². The molecule has 1 aliphatic heterocycles. The fraction of sp³-hybridized carbons (Fsp3) is 0.333. The molecule has 0 bridgehead atoms. The first-order chi connectivity index (χ1) is 16.6. The van der Waals surface area contributed by atoms with E-state index in [0.29, 0.717) is 18.9 Å². The van der Waals surface area contributed by atoms with Crippen molar-refractivity contribution in [2.45, 2.75) is 37.1 Å². The highest BCUT2D eigenvalue weighted by atomic mass is 32.2. The molecule has 1 amide bonds. The Morgan fingerprint density at radius 1 is 1.26 bits per heavy atom. The van der Waals surface area contributed by atoms with Crippen LogP contribution in [0.5, 0.6) is 0 Å². The summed E-state index contributed by atoms with van der Waals surface area (Å²) in [7, 11) is 0. The molecule has 0 spiro atoms. The summed E-state index contributed by atoms with van der Waals surface area (Å²) in [6, 6.07) is 16.4. The molecule has 5 rings (SSSR count). The summed E-state index contributed by atoms with van der Waals surface area (Å²) in [6.07, 6.45) is 8.92. The third-order valence-electron chi connectivity index (χ3n) is 6.30. The van der Waals surface area contributed by atoms with E-state index in [9.17, 15) is 4.79 Å². The third kappa shape index (κ3) is 4.91. The van der Waals surface area contributed by atoms with Crippen molar-refractivity contribution in [2.24, 2.45) is 5.92 Å². The number of amides is 1. The number of fused-ring (bicyclic) bond motifs is 2. The molecule has 1 aromatic heterocycles. The van der Waals surface area contributed by atoms with Gasteiger partial charge in [0.1, 0.15) is 5.82 Å². The molecule has 176 valence electrons. The molecule has 2 atom stereocenters. The van der Waals surface area contributed by atoms with Gasteiger partial charge in [-0.15, -0.1) is 0 Å². The summed E-state index contributed by atoms with van der Waals surface area (Å²) in [6.45, 7) is 2.91. The quantitative estimate of drug-likeness (QED) is 0.389. The van der Waals surface area contributed by atoms with Gasteiger partial charge in [-0.3, -0.25) is 4.79 Å². The molecule has 1 aliphatic carbocycles. The van der Waals surface area contributed by atoms with Gasteiger partial charge in [-0.1, -0.05) is 49.0 Å². The first-order valence-corrected chi connectivity index (χ1v) is 14.0. The highest BCUT2D eigenvalue weighted by Gasteiger charge is 2.28. The van der Waals surface area contributed by atoms with Crippen LogP contribution < -0.4 is 10.2 Å². The van der Waals surface area contributed by atoms with Crippen molar-refractivity contribution >= 4 is 46.2 Å². The molecule has 7 heteroatoms. The normalized spacial score (nSPS) is 18.1. The smallest absolute Gasteiger partial charge is 0.222 e. The minimum absolute atomic E-state index is 0.0533. The first kappa shape index (κ1) is 23.1. The number of rotatable bonds is 8. The van der Waals surface area contributed by atoms with Crippen molar-refractivity contribution in [2.75, 3.05) is 23.5 Å². The second-order valence-electron chi connectivity index (χ2n) is 8.86. The zero-order chi connectivity index (χ0) is 23.5. The van der Waals surface area contributed by atoms with Crippen LogP contribution in [0.4, 0.5) is 5.69 Å². The largest absolute Gasteiger partial charge is 0.346 e. The van der Waals surface area contributed by atoms with Crippen molar-refractivity contribution in [1.82, 2.24) is 15.3 Å². The SMILES string of the molecule is CSCCC(NC(=O)CCN1C2=C(CC(C)C=C2)Sc2ccccc21)c1nc2ccccc2[nH]1. The van der Waals surface area contributed by atoms with Gasteiger partial charge in [-0.05, 0) is 61.1 Å².